The van der Waals surface area contributed by atoms with Gasteiger partial charge in [-0.05, 0) is 109 Å². The summed E-state index contributed by atoms with van der Waals surface area (Å²) < 4.78 is 24.4. The molecule has 0 bridgehead atoms. The van der Waals surface area contributed by atoms with Crippen molar-refractivity contribution in [2.24, 2.45) is 0 Å². The highest BCUT2D eigenvalue weighted by Crippen LogP contribution is 2.52. The van der Waals surface area contributed by atoms with Crippen LogP contribution >= 0.6 is 0 Å². The minimum absolute atomic E-state index is 0.309. The van der Waals surface area contributed by atoms with E-state index in [2.05, 4.69) is 186 Å². The van der Waals surface area contributed by atoms with E-state index in [0.29, 0.717) is 5.69 Å². The number of hydrogen-bond donors (Lipinski definition) is 0. The molecule has 0 N–H and O–H groups in total. The molecule has 4 heteroatoms. The summed E-state index contributed by atoms with van der Waals surface area (Å²) in [6.07, 6.45) is 0. The fraction of sp³-hybridized carbons (Fsp3) is 0. The molecule has 13 aromatic carbocycles. The Morgan fingerprint density at radius 2 is 0.829 bits per heavy atom. The van der Waals surface area contributed by atoms with Crippen LogP contribution in [-0.2, 0) is 0 Å². The van der Waals surface area contributed by atoms with Gasteiger partial charge in [0.25, 0.3) is 0 Å². The quantitative estimate of drug-likeness (QED) is 0.135. The summed E-state index contributed by atoms with van der Waals surface area (Å²) in [6, 6.07) is 86.6. The van der Waals surface area contributed by atoms with Crippen LogP contribution in [-0.4, -0.2) is 0 Å². The van der Waals surface area contributed by atoms with Crippen molar-refractivity contribution in [3.8, 4) is 33.4 Å². The second-order valence-electron chi connectivity index (χ2n) is 18.1. The Bertz CT molecular complexity index is 4240. The minimum Gasteiger partial charge on any atom is -0.456 e. The summed E-state index contributed by atoms with van der Waals surface area (Å²) in [5.74, 6) is -0.309. The molecule has 14 aromatic rings. The maximum atomic E-state index is 17.7. The van der Waals surface area contributed by atoms with Gasteiger partial charge in [0.2, 0.25) is 0 Å². The number of anilines is 6. The maximum Gasteiger partial charge on any atom is 0.148 e. The summed E-state index contributed by atoms with van der Waals surface area (Å²) in [5, 5.41) is 11.2. The zero-order valence-electron chi connectivity index (χ0n) is 37.9. The Kier molecular flexibility index (Phi) is 9.08. The van der Waals surface area contributed by atoms with Gasteiger partial charge in [0.1, 0.15) is 17.0 Å². The first-order chi connectivity index (χ1) is 34.6. The Labute approximate surface area is 403 Å². The van der Waals surface area contributed by atoms with Crippen molar-refractivity contribution in [2.45, 2.75) is 0 Å². The zero-order chi connectivity index (χ0) is 46.3. The Hall–Kier alpha value is -9.25. The molecule has 70 heavy (non-hydrogen) atoms. The van der Waals surface area contributed by atoms with E-state index >= 15 is 4.39 Å². The summed E-state index contributed by atoms with van der Waals surface area (Å²) in [5.41, 5.74) is 12.8. The van der Waals surface area contributed by atoms with Gasteiger partial charge in [-0.3, -0.25) is 0 Å². The Morgan fingerprint density at radius 1 is 0.300 bits per heavy atom. The molecule has 0 aliphatic rings. The van der Waals surface area contributed by atoms with Gasteiger partial charge in [-0.25, -0.2) is 4.39 Å². The van der Waals surface area contributed by atoms with Gasteiger partial charge in [0.05, 0.1) is 28.4 Å². The van der Waals surface area contributed by atoms with Crippen LogP contribution in [0.5, 0.6) is 0 Å². The van der Waals surface area contributed by atoms with Crippen LogP contribution in [0, 0.1) is 5.82 Å². The second-order valence-corrected chi connectivity index (χ2v) is 18.1. The summed E-state index contributed by atoms with van der Waals surface area (Å²) in [6.45, 7) is 0. The van der Waals surface area contributed by atoms with E-state index in [1.165, 1.54) is 5.39 Å². The van der Waals surface area contributed by atoms with Crippen LogP contribution in [0.2, 0.25) is 0 Å². The van der Waals surface area contributed by atoms with Gasteiger partial charge in [-0.15, -0.1) is 0 Å². The van der Waals surface area contributed by atoms with Gasteiger partial charge < -0.3 is 14.2 Å². The molecular weight excluding hydrogens is 856 g/mol. The van der Waals surface area contributed by atoms with Crippen LogP contribution in [0.25, 0.3) is 98.4 Å². The highest BCUT2D eigenvalue weighted by molar-refractivity contribution is 6.29. The molecule has 1 aromatic heterocycles. The van der Waals surface area contributed by atoms with Gasteiger partial charge in [0.15, 0.2) is 0 Å². The first kappa shape index (κ1) is 39.9. The van der Waals surface area contributed by atoms with E-state index < -0.39 is 0 Å². The molecule has 0 radical (unpaired) electrons. The number of rotatable bonds is 9. The predicted octanol–water partition coefficient (Wildman–Crippen LogP) is 19.2. The number of benzene rings is 13. The van der Waals surface area contributed by atoms with Crippen LogP contribution in [0.15, 0.2) is 253 Å². The molecule has 0 fully saturated rings. The fourth-order valence-corrected chi connectivity index (χ4v) is 11.1. The van der Waals surface area contributed by atoms with Crippen molar-refractivity contribution >= 4 is 99.2 Å². The van der Waals surface area contributed by atoms with Crippen molar-refractivity contribution in [1.29, 1.82) is 0 Å². The minimum atomic E-state index is -0.309. The molecule has 328 valence electrons. The number of halogens is 1. The standard InChI is InChI=1S/C66H41FN2O/c67-56-40-49(42-16-5-1-6-17-42)39-55(44-20-9-3-10-21-44)66(56)69(50-23-11-4-12-24-50)59-37-33-47-30-34-53-58(36-32-46-31-35-54(59)63(47)62(46)53)68(57-26-14-13-25-52(57)43-18-7-2-8-19-43)51-38-48-29-28-45-22-15-27-60-64(45)65(48)61(41-51)70-60/h1-41H. The highest BCUT2D eigenvalue weighted by Gasteiger charge is 2.27. The molecule has 0 spiro atoms. The SMILES string of the molecule is Fc1cc(-c2ccccc2)cc(-c2ccccc2)c1N(c1ccccc1)c1ccc2ccc3c(N(c4cc5ccc6cccc7oc(c4)c5c67)c4ccccc4-c4ccccc4)ccc4ccc1c2c43. The lowest BCUT2D eigenvalue weighted by Crippen LogP contribution is -2.14. The maximum absolute atomic E-state index is 17.7. The molecular formula is C66H41FN2O. The van der Waals surface area contributed by atoms with Crippen LogP contribution < -0.4 is 9.80 Å². The summed E-state index contributed by atoms with van der Waals surface area (Å²) >= 11 is 0. The van der Waals surface area contributed by atoms with Crippen LogP contribution in [0.3, 0.4) is 0 Å². The average molecular weight is 897 g/mol. The Balaban J connectivity index is 1.03. The second kappa shape index (κ2) is 15.9. The molecule has 0 saturated heterocycles. The molecule has 0 amide bonds. The van der Waals surface area contributed by atoms with Gasteiger partial charge in [-0.2, -0.15) is 0 Å². The fourth-order valence-electron chi connectivity index (χ4n) is 11.1. The van der Waals surface area contributed by atoms with Crippen LogP contribution in [0.1, 0.15) is 0 Å². The summed E-state index contributed by atoms with van der Waals surface area (Å²) in [4.78, 5) is 4.53. The van der Waals surface area contributed by atoms with E-state index in [1.807, 2.05) is 66.7 Å². The molecule has 0 aliphatic carbocycles. The first-order valence-corrected chi connectivity index (χ1v) is 23.8. The third kappa shape index (κ3) is 6.27. The monoisotopic (exact) mass is 896 g/mol. The van der Waals surface area contributed by atoms with E-state index in [9.17, 15) is 0 Å². The van der Waals surface area contributed by atoms with Crippen molar-refractivity contribution in [2.75, 3.05) is 9.80 Å². The van der Waals surface area contributed by atoms with Gasteiger partial charge in [0, 0.05) is 44.4 Å². The lowest BCUT2D eigenvalue weighted by Gasteiger charge is -2.31. The number of para-hydroxylation sites is 2. The van der Waals surface area contributed by atoms with Gasteiger partial charge >= 0.3 is 0 Å². The predicted molar refractivity (Wildman–Crippen MR) is 292 cm³/mol. The molecule has 1 heterocycles. The number of nitrogens with zero attached hydrogens (tertiary/aromatic N) is 2. The van der Waals surface area contributed by atoms with E-state index in [-0.39, 0.29) is 5.82 Å². The largest absolute Gasteiger partial charge is 0.456 e. The van der Waals surface area contributed by atoms with E-state index in [4.69, 9.17) is 4.42 Å². The van der Waals surface area contributed by atoms with Crippen LogP contribution in [0.4, 0.5) is 38.5 Å². The van der Waals surface area contributed by atoms with Crippen molar-refractivity contribution in [1.82, 2.24) is 0 Å². The molecule has 14 rings (SSSR count). The van der Waals surface area contributed by atoms with Crippen molar-refractivity contribution in [3.05, 3.63) is 255 Å². The molecule has 0 aliphatic heterocycles. The third-order valence-corrected chi connectivity index (χ3v) is 14.2. The first-order valence-electron chi connectivity index (χ1n) is 23.8. The molecule has 0 saturated carbocycles. The smallest absolute Gasteiger partial charge is 0.148 e. The van der Waals surface area contributed by atoms with Crippen molar-refractivity contribution < 1.29 is 8.81 Å². The van der Waals surface area contributed by atoms with E-state index in [1.54, 1.807) is 6.07 Å². The third-order valence-electron chi connectivity index (χ3n) is 14.2. The topological polar surface area (TPSA) is 19.6 Å². The molecule has 3 nitrogen and oxygen atoms in total. The normalized spacial score (nSPS) is 11.8. The molecule has 0 atom stereocenters. The van der Waals surface area contributed by atoms with Gasteiger partial charge in [-0.1, -0.05) is 188 Å². The number of furan rings is 1. The lowest BCUT2D eigenvalue weighted by molar-refractivity contribution is 0.630. The Morgan fingerprint density at radius 3 is 1.51 bits per heavy atom. The molecule has 0 unspecified atom stereocenters. The van der Waals surface area contributed by atoms with Crippen molar-refractivity contribution in [3.63, 3.8) is 0 Å². The lowest BCUT2D eigenvalue weighted by atomic mass is 9.91. The number of hydrogen-bond acceptors (Lipinski definition) is 3. The highest BCUT2D eigenvalue weighted by atomic mass is 19.1. The zero-order valence-corrected chi connectivity index (χ0v) is 37.9. The van der Waals surface area contributed by atoms with E-state index in [0.717, 1.165) is 121 Å². The average Bonchev–Trinajstić information content (AvgIpc) is 3.81. The summed E-state index contributed by atoms with van der Waals surface area (Å²) in [7, 11) is 0.